The van der Waals surface area contributed by atoms with Gasteiger partial charge in [-0.3, -0.25) is 57.6 Å². The molecule has 0 aliphatic carbocycles. The summed E-state index contributed by atoms with van der Waals surface area (Å²) in [4.78, 5) is 169. The van der Waals surface area contributed by atoms with Crippen molar-refractivity contribution in [3.05, 3.63) is 65.7 Å². The van der Waals surface area contributed by atoms with E-state index in [1.165, 1.54) is 35.8 Å². The number of carboxylic acids is 1. The summed E-state index contributed by atoms with van der Waals surface area (Å²) in [5, 5.41) is 18.1. The molecule has 24 heteroatoms. The highest BCUT2D eigenvalue weighted by Crippen LogP contribution is 2.33. The van der Waals surface area contributed by atoms with Crippen molar-refractivity contribution in [2.45, 2.75) is 233 Å². The molecule has 2 fully saturated rings. The molecule has 2 unspecified atom stereocenters. The van der Waals surface area contributed by atoms with Gasteiger partial charge in [0.15, 0.2) is 11.6 Å². The summed E-state index contributed by atoms with van der Waals surface area (Å²) in [6.45, 7) is 19.8. The third-order valence-electron chi connectivity index (χ3n) is 20.1. The number of likely N-dealkylation sites (N-methyl/N-ethyl adjacent to an activating group) is 2. The van der Waals surface area contributed by atoms with Crippen molar-refractivity contribution in [1.82, 2.24) is 30.2 Å². The zero-order chi connectivity index (χ0) is 74.5. The van der Waals surface area contributed by atoms with Crippen LogP contribution in [0, 0.1) is 47.3 Å². The topological polar surface area (TPSA) is 319 Å². The predicted octanol–water partition coefficient (Wildman–Crippen LogP) is 9.48. The number of urea groups is 1. The number of hydrogen-bond donors (Lipinski definition) is 5. The number of carbonyl (C=O) groups is 12. The summed E-state index contributed by atoms with van der Waals surface area (Å²) in [5.74, 6) is -7.30. The monoisotopic (exact) mass is 1410 g/mol. The van der Waals surface area contributed by atoms with Gasteiger partial charge in [-0.1, -0.05) is 131 Å². The van der Waals surface area contributed by atoms with Crippen LogP contribution in [0.5, 0.6) is 0 Å². The Morgan fingerprint density at radius 2 is 1.40 bits per heavy atom. The first-order chi connectivity index (χ1) is 47.4. The number of likely N-dealkylation sites (tertiary alicyclic amines) is 2. The van der Waals surface area contributed by atoms with Gasteiger partial charge in [-0.25, -0.2) is 4.79 Å². The summed E-state index contributed by atoms with van der Waals surface area (Å²) in [6.07, 6.45) is 4.89. The van der Waals surface area contributed by atoms with E-state index in [4.69, 9.17) is 15.2 Å². The molecule has 2 saturated heterocycles. The number of nitrogens with two attached hydrogens (primary N) is 1. The number of benzene rings is 2. The van der Waals surface area contributed by atoms with Crippen molar-refractivity contribution in [2.75, 3.05) is 59.0 Å². The highest BCUT2D eigenvalue weighted by Gasteiger charge is 2.45. The Morgan fingerprint density at radius 3 is 1.99 bits per heavy atom. The molecular weight excluding hydrogens is 1300 g/mol. The highest BCUT2D eigenvalue weighted by atomic mass is 32.2. The molecule has 6 N–H and O–H groups in total. The molecule has 12 atom stereocenters. The predicted molar refractivity (Wildman–Crippen MR) is 387 cm³/mol. The molecule has 0 saturated carbocycles. The van der Waals surface area contributed by atoms with E-state index in [-0.39, 0.29) is 146 Å². The SMILES string of the molecule is CCCCSC1CC(=O)N(CCCCCC(=O)N[C@H](C(=O)C[C@@H](CCCNC(N)=O)C(=O)Nc2ccc(CCC(=O)N(C)[C@H](C(=O)C[C@H](C(=O)N(C)C([C@@H](C)CC)[C@@H](CC(=O)N3CCC[C@H]3[C@H](OC)[C@@H](C)C(=O)C[C@@H](Cc3ccccc3)C(=O)O)OC)C(C)C)C(C)C)cc2)C(C)C)C1=O. The number of Topliss-reactive ketones (excluding diaryl/α,β-unsaturated/α-hetero) is 3. The molecule has 2 aromatic carbocycles. The smallest absolute Gasteiger partial charge is 0.312 e. The summed E-state index contributed by atoms with van der Waals surface area (Å²) in [7, 11) is 6.30. The van der Waals surface area contributed by atoms with E-state index in [0.717, 1.165) is 29.7 Å². The van der Waals surface area contributed by atoms with E-state index in [9.17, 15) is 62.6 Å². The lowest BCUT2D eigenvalue weighted by atomic mass is 9.83. The van der Waals surface area contributed by atoms with Gasteiger partial charge in [0.05, 0.1) is 54.0 Å². The number of anilines is 1. The molecule has 2 aliphatic rings. The Bertz CT molecular complexity index is 3020. The van der Waals surface area contributed by atoms with Crippen molar-refractivity contribution in [3.63, 3.8) is 0 Å². The number of rotatable bonds is 47. The van der Waals surface area contributed by atoms with Crippen LogP contribution in [-0.4, -0.2) is 191 Å². The standard InChI is InChI=1S/C76H118N8O15S/c1-15-17-40-100-63-46-67(91)84(74(63)94)38-23-19-22-30-64(88)80-68(48(5)6)60(86)42-54(28-24-37-78-76(77)97)72(92)79-56-34-31-52(32-35-56)33-36-65(89)81(11)69(49(7)8)61(87)44-57(47(3)4)73(93)82(12)70(50(9)16-2)62(98-13)45-66(90)83-39-25-29-58(83)71(99-14)51(10)59(85)43-55(75(95)96)41-53-26-20-18-21-27-53/h18,20-21,26-27,31-32,34-35,47-51,54-55,57-58,62-63,68-71H,15-17,19,22-25,28-30,33,36-46H2,1-14H3,(H,79,92)(H,80,88)(H,95,96)(H3,77,78,97)/t50-,51-,54+,55+,57-,58-,62+,63?,68-,69-,70?,71+/m0/s1. The normalized spacial score (nSPS) is 17.8. The highest BCUT2D eigenvalue weighted by molar-refractivity contribution is 8.00. The number of imide groups is 1. The number of carboxylic acid groups (broad SMARTS) is 1. The van der Waals surface area contributed by atoms with Crippen LogP contribution < -0.4 is 21.7 Å². The van der Waals surface area contributed by atoms with Gasteiger partial charge in [0.2, 0.25) is 41.4 Å². The second-order valence-electron chi connectivity index (χ2n) is 28.6. The van der Waals surface area contributed by atoms with Crippen LogP contribution in [0.1, 0.15) is 190 Å². The molecule has 0 radical (unpaired) electrons. The van der Waals surface area contributed by atoms with Gasteiger partial charge in [0.25, 0.3) is 0 Å². The minimum atomic E-state index is -1.06. The fraction of sp³-hybridized carbons (Fsp3) is 0.684. The Balaban J connectivity index is 1.36. The van der Waals surface area contributed by atoms with Crippen molar-refractivity contribution < 1.29 is 72.1 Å². The van der Waals surface area contributed by atoms with Crippen LogP contribution >= 0.6 is 11.8 Å². The number of aliphatic carboxylic acids is 1. The first-order valence-electron chi connectivity index (χ1n) is 36.3. The molecular formula is C76H118N8O15S. The van der Waals surface area contributed by atoms with Gasteiger partial charge in [0, 0.05) is 110 Å². The summed E-state index contributed by atoms with van der Waals surface area (Å²) in [6, 6.07) is 12.6. The van der Waals surface area contributed by atoms with Crippen LogP contribution in [-0.2, 0) is 75.1 Å². The van der Waals surface area contributed by atoms with Gasteiger partial charge in [-0.2, -0.15) is 0 Å². The second-order valence-corrected chi connectivity index (χ2v) is 29.9. The molecule has 23 nitrogen and oxygen atoms in total. The van der Waals surface area contributed by atoms with Crippen molar-refractivity contribution >= 4 is 88.1 Å². The number of nitrogens with zero attached hydrogens (tertiary/aromatic N) is 4. The fourth-order valence-corrected chi connectivity index (χ4v) is 15.2. The molecule has 2 aliphatic heterocycles. The molecule has 0 bridgehead atoms. The van der Waals surface area contributed by atoms with Crippen molar-refractivity contribution in [1.29, 1.82) is 0 Å². The maximum absolute atomic E-state index is 14.9. The molecule has 0 spiro atoms. The second kappa shape index (κ2) is 43.0. The molecule has 100 heavy (non-hydrogen) atoms. The average Bonchev–Trinajstić information content (AvgIpc) is 1.30. The van der Waals surface area contributed by atoms with E-state index in [2.05, 4.69) is 22.9 Å². The zero-order valence-corrected chi connectivity index (χ0v) is 62.9. The number of carbonyl (C=O) groups excluding carboxylic acids is 11. The third-order valence-corrected chi connectivity index (χ3v) is 21.4. The number of thioether (sulfide) groups is 1. The maximum atomic E-state index is 14.9. The number of hydrogen-bond acceptors (Lipinski definition) is 15. The number of unbranched alkanes of at least 4 members (excludes halogenated alkanes) is 3. The maximum Gasteiger partial charge on any atom is 0.312 e. The molecule has 4 rings (SSSR count). The molecule has 558 valence electrons. The third kappa shape index (κ3) is 26.1. The Morgan fingerprint density at radius 1 is 0.730 bits per heavy atom. The Kier molecular flexibility index (Phi) is 36.7. The molecule has 0 aromatic heterocycles. The number of primary amides is 1. The molecule has 9 amide bonds. The van der Waals surface area contributed by atoms with Gasteiger partial charge in [-0.05, 0) is 110 Å². The van der Waals surface area contributed by atoms with Gasteiger partial charge in [0.1, 0.15) is 5.78 Å². The largest absolute Gasteiger partial charge is 0.481 e. The number of ether oxygens (including phenoxy) is 2. The van der Waals surface area contributed by atoms with Crippen LogP contribution in [0.25, 0.3) is 0 Å². The Labute approximate surface area is 598 Å². The number of nitrogens with one attached hydrogen (secondary N) is 3. The number of aryl methyl sites for hydroxylation is 1. The van der Waals surface area contributed by atoms with E-state index in [1.807, 2.05) is 85.7 Å². The van der Waals surface area contributed by atoms with Crippen LogP contribution in [0.3, 0.4) is 0 Å². The Hall–Kier alpha value is -7.05. The van der Waals surface area contributed by atoms with Crippen molar-refractivity contribution in [2.24, 2.45) is 53.1 Å². The lowest BCUT2D eigenvalue weighted by molar-refractivity contribution is -0.150. The first-order valence-corrected chi connectivity index (χ1v) is 37.4. The average molecular weight is 1420 g/mol. The van der Waals surface area contributed by atoms with Gasteiger partial charge >= 0.3 is 12.0 Å². The summed E-state index contributed by atoms with van der Waals surface area (Å²) in [5.41, 5.74) is 7.32. The summed E-state index contributed by atoms with van der Waals surface area (Å²) < 4.78 is 12.1. The minimum Gasteiger partial charge on any atom is -0.481 e. The fourth-order valence-electron chi connectivity index (χ4n) is 14.0. The van der Waals surface area contributed by atoms with E-state index in [0.29, 0.717) is 70.1 Å². The molecule has 2 aromatic rings. The van der Waals surface area contributed by atoms with Crippen LogP contribution in [0.15, 0.2) is 54.6 Å². The van der Waals surface area contributed by atoms with Crippen molar-refractivity contribution in [3.8, 4) is 0 Å². The number of amides is 9. The van der Waals surface area contributed by atoms with Gasteiger partial charge < -0.3 is 51.0 Å². The summed E-state index contributed by atoms with van der Waals surface area (Å²) >= 11 is 1.53. The molecule has 2 heterocycles. The lowest BCUT2D eigenvalue weighted by Gasteiger charge is -2.41. The lowest BCUT2D eigenvalue weighted by Crippen LogP contribution is -2.54. The van der Waals surface area contributed by atoms with Crippen LogP contribution in [0.2, 0.25) is 0 Å². The van der Waals surface area contributed by atoms with Crippen LogP contribution in [0.4, 0.5) is 10.5 Å². The number of methoxy groups -OCH3 is 2. The zero-order valence-electron chi connectivity index (χ0n) is 62.1. The van der Waals surface area contributed by atoms with E-state index < -0.39 is 78.0 Å². The van der Waals surface area contributed by atoms with E-state index >= 15 is 0 Å². The first kappa shape index (κ1) is 85.4. The minimum absolute atomic E-state index is 0.0463. The van der Waals surface area contributed by atoms with Gasteiger partial charge in [-0.15, -0.1) is 11.8 Å². The number of ketones is 3. The van der Waals surface area contributed by atoms with E-state index in [1.54, 1.807) is 55.1 Å². The quantitative estimate of drug-likeness (QED) is 0.0304.